The monoisotopic (exact) mass is 754 g/mol. The van der Waals surface area contributed by atoms with Crippen LogP contribution in [0.4, 0.5) is 5.69 Å². The number of hydrogen-bond acceptors (Lipinski definition) is 8. The number of aromatic amines is 1. The number of piperidine rings is 1. The van der Waals surface area contributed by atoms with Crippen molar-refractivity contribution in [2.24, 2.45) is 0 Å². The van der Waals surface area contributed by atoms with Crippen molar-refractivity contribution < 1.29 is 14.4 Å². The van der Waals surface area contributed by atoms with Gasteiger partial charge in [0.15, 0.2) is 5.78 Å². The van der Waals surface area contributed by atoms with Crippen LogP contribution in [0.1, 0.15) is 35.7 Å². The lowest BCUT2D eigenvalue weighted by molar-refractivity contribution is -0.137. The summed E-state index contributed by atoms with van der Waals surface area (Å²) in [7, 11) is 2.04. The van der Waals surface area contributed by atoms with Gasteiger partial charge in [-0.2, -0.15) is 0 Å². The molecule has 2 saturated heterocycles. The van der Waals surface area contributed by atoms with Gasteiger partial charge in [-0.05, 0) is 69.9 Å². The van der Waals surface area contributed by atoms with Gasteiger partial charge in [-0.1, -0.05) is 18.2 Å². The summed E-state index contributed by atoms with van der Waals surface area (Å²) >= 11 is 6.77. The number of nitrogens with two attached hydrogens (primary N) is 1. The second-order valence-corrected chi connectivity index (χ2v) is 13.8. The molecule has 0 spiro atoms. The maximum Gasteiger partial charge on any atom is 0.326 e. The molecule has 2 aromatic heterocycles. The van der Waals surface area contributed by atoms with Gasteiger partial charge in [-0.3, -0.25) is 28.8 Å². The fourth-order valence-corrected chi connectivity index (χ4v) is 7.53. The Bertz CT molecular complexity index is 1830. The summed E-state index contributed by atoms with van der Waals surface area (Å²) in [6.45, 7) is 4.12. The quantitative estimate of drug-likeness (QED) is 0.184. The Morgan fingerprint density at radius 1 is 1.04 bits per heavy atom. The number of imidazole rings is 1. The van der Waals surface area contributed by atoms with Crippen molar-refractivity contribution in [3.63, 3.8) is 0 Å². The number of carbonyl (C=O) groups is 3. The number of amides is 2. The number of ketones is 1. The summed E-state index contributed by atoms with van der Waals surface area (Å²) in [5.41, 5.74) is 8.92. The highest BCUT2D eigenvalue weighted by Gasteiger charge is 2.33. The number of hydrogen-bond donors (Lipinski definition) is 3. The van der Waals surface area contributed by atoms with Gasteiger partial charge < -0.3 is 25.8 Å². The van der Waals surface area contributed by atoms with Crippen LogP contribution < -0.4 is 16.7 Å². The molecular formula is C32H36Br2N8O4. The van der Waals surface area contributed by atoms with Crippen LogP contribution in [0.25, 0.3) is 21.9 Å². The Balaban J connectivity index is 1.18. The number of Topliss-reactive ketones (excluding diaryl/α,β-unsaturated/α-hetero) is 1. The molecule has 4 heterocycles. The van der Waals surface area contributed by atoms with E-state index in [-0.39, 0.29) is 42.3 Å². The topological polar surface area (TPSA) is 150 Å². The number of halogens is 2. The molecule has 12 nitrogen and oxygen atoms in total. The third-order valence-electron chi connectivity index (χ3n) is 8.99. The predicted molar refractivity (Wildman–Crippen MR) is 184 cm³/mol. The lowest BCUT2D eigenvalue weighted by Gasteiger charge is -2.35. The fraction of sp³-hybridized carbons (Fsp3) is 0.406. The maximum atomic E-state index is 14.0. The first kappa shape index (κ1) is 32.4. The molecule has 2 fully saturated rings. The molecular weight excluding hydrogens is 720 g/mol. The summed E-state index contributed by atoms with van der Waals surface area (Å²) in [6.07, 6.45) is 2.60. The van der Waals surface area contributed by atoms with Crippen LogP contribution in [0.5, 0.6) is 0 Å². The number of carbonyl (C=O) groups excluding carboxylic acids is 3. The lowest BCUT2D eigenvalue weighted by atomic mass is 9.99. The zero-order chi connectivity index (χ0) is 32.5. The van der Waals surface area contributed by atoms with Crippen LogP contribution in [-0.4, -0.2) is 106 Å². The van der Waals surface area contributed by atoms with Gasteiger partial charge in [0.2, 0.25) is 11.8 Å². The average molecular weight is 756 g/mol. The number of nitrogen functional groups attached to an aromatic ring is 1. The van der Waals surface area contributed by atoms with Crippen LogP contribution in [0.2, 0.25) is 0 Å². The molecule has 0 unspecified atom stereocenters. The third kappa shape index (κ3) is 6.75. The number of likely N-dealkylation sites (N-methyl/N-ethyl adjacent to an activating group) is 1. The highest BCUT2D eigenvalue weighted by Crippen LogP contribution is 2.31. The molecule has 0 aliphatic carbocycles. The first-order valence-corrected chi connectivity index (χ1v) is 16.9. The number of piperazine rings is 1. The van der Waals surface area contributed by atoms with E-state index >= 15 is 0 Å². The smallest absolute Gasteiger partial charge is 0.326 e. The standard InChI is InChI=1S/C32H36Br2N8O4/c1-39-10-12-40(13-11-39)18-28(44)37-25(16-27(43)19-14-22(33)29(35)23(34)15-19)31(45)41-8-6-20(7-9-41)42-26-17-36-24-5-3-2-4-21(24)30(26)38-32(42)46/h2-5,14-15,17,20,25H,6-13,16,18,35H2,1H3,(H,37,44)(H,38,46)/t25-/m1/s1. The van der Waals surface area contributed by atoms with E-state index in [1.54, 1.807) is 27.8 Å². The Labute approximate surface area is 282 Å². The number of benzene rings is 2. The number of nitrogens with one attached hydrogen (secondary N) is 2. The first-order valence-electron chi connectivity index (χ1n) is 15.3. The summed E-state index contributed by atoms with van der Waals surface area (Å²) in [4.78, 5) is 67.2. The molecule has 46 heavy (non-hydrogen) atoms. The largest absolute Gasteiger partial charge is 0.397 e. The summed E-state index contributed by atoms with van der Waals surface area (Å²) in [6, 6.07) is 9.75. The van der Waals surface area contributed by atoms with Crippen molar-refractivity contribution in [3.05, 3.63) is 67.6 Å². The Hall–Kier alpha value is -3.59. The van der Waals surface area contributed by atoms with Crippen molar-refractivity contribution in [1.29, 1.82) is 0 Å². The van der Waals surface area contributed by atoms with Crippen molar-refractivity contribution in [2.45, 2.75) is 31.3 Å². The molecule has 0 bridgehead atoms. The summed E-state index contributed by atoms with van der Waals surface area (Å²) in [5, 5.41) is 3.76. The average Bonchev–Trinajstić information content (AvgIpc) is 3.40. The van der Waals surface area contributed by atoms with Crippen molar-refractivity contribution in [2.75, 3.05) is 58.6 Å². The number of pyridine rings is 1. The molecule has 6 rings (SSSR count). The molecule has 4 N–H and O–H groups in total. The van der Waals surface area contributed by atoms with Gasteiger partial charge in [0.25, 0.3) is 0 Å². The zero-order valence-electron chi connectivity index (χ0n) is 25.5. The van der Waals surface area contributed by atoms with E-state index in [2.05, 4.69) is 56.9 Å². The lowest BCUT2D eigenvalue weighted by Crippen LogP contribution is -2.54. The van der Waals surface area contributed by atoms with Crippen molar-refractivity contribution >= 4 is 77.1 Å². The van der Waals surface area contributed by atoms with Gasteiger partial charge in [0.05, 0.1) is 35.0 Å². The minimum absolute atomic E-state index is 0.135. The van der Waals surface area contributed by atoms with E-state index in [9.17, 15) is 19.2 Å². The van der Waals surface area contributed by atoms with Crippen molar-refractivity contribution in [3.8, 4) is 0 Å². The molecule has 0 radical (unpaired) electrons. The Morgan fingerprint density at radius 3 is 2.41 bits per heavy atom. The van der Waals surface area contributed by atoms with E-state index in [0.29, 0.717) is 46.1 Å². The van der Waals surface area contributed by atoms with Crippen LogP contribution >= 0.6 is 31.9 Å². The predicted octanol–water partition coefficient (Wildman–Crippen LogP) is 3.15. The molecule has 2 amide bonds. The molecule has 4 aromatic rings. The third-order valence-corrected chi connectivity index (χ3v) is 10.3. The van der Waals surface area contributed by atoms with Gasteiger partial charge in [-0.15, -0.1) is 0 Å². The van der Waals surface area contributed by atoms with Crippen molar-refractivity contribution in [1.82, 2.24) is 34.6 Å². The number of aromatic nitrogens is 3. The molecule has 1 atom stereocenters. The van der Waals surface area contributed by atoms with Crippen LogP contribution in [0.3, 0.4) is 0 Å². The number of rotatable bonds is 8. The van der Waals surface area contributed by atoms with Crippen LogP contribution in [-0.2, 0) is 9.59 Å². The zero-order valence-corrected chi connectivity index (χ0v) is 28.6. The van der Waals surface area contributed by atoms with E-state index in [0.717, 1.165) is 48.1 Å². The molecule has 242 valence electrons. The van der Waals surface area contributed by atoms with Gasteiger partial charge >= 0.3 is 5.69 Å². The van der Waals surface area contributed by atoms with Gasteiger partial charge in [0, 0.05) is 71.6 Å². The highest BCUT2D eigenvalue weighted by molar-refractivity contribution is 9.11. The van der Waals surface area contributed by atoms with Crippen LogP contribution in [0, 0.1) is 0 Å². The Kier molecular flexibility index (Phi) is 9.59. The SMILES string of the molecule is CN1CCN(CC(=O)N[C@H](CC(=O)c2cc(Br)c(N)c(Br)c2)C(=O)N2CCC(n3c(=O)[nH]c4c5ccccc5ncc43)CC2)CC1. The maximum absolute atomic E-state index is 14.0. The van der Waals surface area contributed by atoms with E-state index in [1.807, 2.05) is 31.3 Å². The number of anilines is 1. The fourth-order valence-electron chi connectivity index (χ4n) is 6.35. The first-order chi connectivity index (χ1) is 22.1. The summed E-state index contributed by atoms with van der Waals surface area (Å²) < 4.78 is 2.86. The van der Waals surface area contributed by atoms with Crippen LogP contribution in [0.15, 0.2) is 56.3 Å². The summed E-state index contributed by atoms with van der Waals surface area (Å²) in [5.74, 6) is -0.902. The minimum Gasteiger partial charge on any atom is -0.397 e. The second kappa shape index (κ2) is 13.6. The second-order valence-electron chi connectivity index (χ2n) is 12.1. The van der Waals surface area contributed by atoms with Gasteiger partial charge in [-0.25, -0.2) is 4.79 Å². The minimum atomic E-state index is -1.04. The number of likely N-dealkylation sites (tertiary alicyclic amines) is 1. The molecule has 0 saturated carbocycles. The molecule has 2 aliphatic rings. The molecule has 2 aliphatic heterocycles. The van der Waals surface area contributed by atoms with E-state index in [4.69, 9.17) is 5.73 Å². The number of para-hydroxylation sites is 1. The Morgan fingerprint density at radius 2 is 1.72 bits per heavy atom. The van der Waals surface area contributed by atoms with Gasteiger partial charge in [0.1, 0.15) is 6.04 Å². The van der Waals surface area contributed by atoms with E-state index in [1.165, 1.54) is 0 Å². The van der Waals surface area contributed by atoms with E-state index < -0.39 is 6.04 Å². The highest BCUT2D eigenvalue weighted by atomic mass is 79.9. The molecule has 2 aromatic carbocycles. The number of nitrogens with zero attached hydrogens (tertiary/aromatic N) is 5. The number of fused-ring (bicyclic) bond motifs is 3. The number of H-pyrrole nitrogens is 1. The molecule has 14 heteroatoms. The normalized spacial score (nSPS) is 17.4.